The van der Waals surface area contributed by atoms with Crippen LogP contribution in [0.25, 0.3) is 10.2 Å². The molecule has 0 saturated carbocycles. The molecule has 0 fully saturated rings. The van der Waals surface area contributed by atoms with E-state index in [0.717, 1.165) is 79.3 Å². The van der Waals surface area contributed by atoms with Crippen LogP contribution in [0.15, 0.2) is 6.07 Å². The first-order valence-electron chi connectivity index (χ1n) is 12.4. The average molecular weight is 498 g/mol. The number of nitrogens with zero attached hydrogens (tertiary/aromatic N) is 1. The molecule has 5 rings (SSSR count). The number of hydrogen-bond acceptors (Lipinski definition) is 7. The predicted octanol–water partition coefficient (Wildman–Crippen LogP) is 6.30. The summed E-state index contributed by atoms with van der Waals surface area (Å²) in [4.78, 5) is 33.6. The van der Waals surface area contributed by atoms with E-state index in [9.17, 15) is 9.59 Å². The second kappa shape index (κ2) is 10.0. The zero-order valence-electron chi connectivity index (χ0n) is 19.6. The van der Waals surface area contributed by atoms with Crippen LogP contribution in [0.2, 0.25) is 0 Å². The van der Waals surface area contributed by atoms with Gasteiger partial charge in [-0.3, -0.25) is 4.79 Å². The first kappa shape index (κ1) is 23.3. The summed E-state index contributed by atoms with van der Waals surface area (Å²) in [6.45, 7) is 2.11. The largest absolute Gasteiger partial charge is 0.462 e. The van der Waals surface area contributed by atoms with E-state index >= 15 is 0 Å². The molecule has 3 heterocycles. The van der Waals surface area contributed by atoms with Gasteiger partial charge in [0.25, 0.3) is 5.91 Å². The number of amides is 1. The highest BCUT2D eigenvalue weighted by molar-refractivity contribution is 7.21. The number of nitrogen functional groups attached to an aromatic ring is 1. The maximum absolute atomic E-state index is 13.4. The van der Waals surface area contributed by atoms with Crippen molar-refractivity contribution in [3.63, 3.8) is 0 Å². The lowest BCUT2D eigenvalue weighted by atomic mass is 9.96. The van der Waals surface area contributed by atoms with E-state index in [1.54, 1.807) is 6.92 Å². The number of carbonyl (C=O) groups excluding carboxylic acids is 2. The van der Waals surface area contributed by atoms with Gasteiger partial charge in [-0.1, -0.05) is 19.3 Å². The number of aryl methyl sites for hydroxylation is 3. The molecule has 3 aromatic rings. The standard InChI is InChI=1S/C26H31N3O3S2/c1-2-32-26(31)20-16-11-7-3-4-9-13-19(16)33-25(20)29-23(30)22-21(27)17-14-15-10-6-5-8-12-18(15)28-24(17)34-22/h14H,2-13,27H2,1H3,(H,29,30). The minimum absolute atomic E-state index is 0.282. The molecule has 0 aliphatic heterocycles. The fourth-order valence-corrected chi connectivity index (χ4v) is 7.36. The first-order chi connectivity index (χ1) is 16.6. The highest BCUT2D eigenvalue weighted by atomic mass is 32.1. The van der Waals surface area contributed by atoms with E-state index in [4.69, 9.17) is 15.5 Å². The Balaban J connectivity index is 1.50. The number of fused-ring (bicyclic) bond motifs is 3. The Kier molecular flexibility index (Phi) is 6.88. The molecule has 2 aliphatic carbocycles. The summed E-state index contributed by atoms with van der Waals surface area (Å²) >= 11 is 2.85. The molecule has 0 spiro atoms. The topological polar surface area (TPSA) is 94.3 Å². The number of rotatable bonds is 4. The van der Waals surface area contributed by atoms with Gasteiger partial charge in [0, 0.05) is 16.0 Å². The van der Waals surface area contributed by atoms with Crippen LogP contribution in [0.4, 0.5) is 10.7 Å². The fraction of sp³-hybridized carbons (Fsp3) is 0.500. The molecule has 180 valence electrons. The average Bonchev–Trinajstić information content (AvgIpc) is 3.18. The highest BCUT2D eigenvalue weighted by Crippen LogP contribution is 2.40. The minimum Gasteiger partial charge on any atom is -0.462 e. The van der Waals surface area contributed by atoms with Gasteiger partial charge in [0.1, 0.15) is 14.7 Å². The Morgan fingerprint density at radius 2 is 1.76 bits per heavy atom. The molecule has 34 heavy (non-hydrogen) atoms. The van der Waals surface area contributed by atoms with Crippen molar-refractivity contribution >= 4 is 55.5 Å². The zero-order valence-corrected chi connectivity index (χ0v) is 21.3. The lowest BCUT2D eigenvalue weighted by Gasteiger charge is -2.11. The summed E-state index contributed by atoms with van der Waals surface area (Å²) in [5.74, 6) is -0.638. The molecule has 0 unspecified atom stereocenters. The number of esters is 1. The number of nitrogens with one attached hydrogen (secondary N) is 1. The van der Waals surface area contributed by atoms with E-state index in [1.165, 1.54) is 46.0 Å². The minimum atomic E-state index is -0.356. The van der Waals surface area contributed by atoms with Crippen LogP contribution < -0.4 is 11.1 Å². The molecule has 0 atom stereocenters. The fourth-order valence-electron chi connectivity index (χ4n) is 5.09. The SMILES string of the molecule is CCOC(=O)c1c(NC(=O)c2sc3nc4c(cc3c2N)CCCCC4)sc2c1CCCCCC2. The smallest absolute Gasteiger partial charge is 0.341 e. The van der Waals surface area contributed by atoms with E-state index < -0.39 is 0 Å². The van der Waals surface area contributed by atoms with Crippen molar-refractivity contribution in [1.82, 2.24) is 4.98 Å². The number of anilines is 2. The number of ether oxygens (including phenoxy) is 1. The summed E-state index contributed by atoms with van der Waals surface area (Å²) in [6.07, 6.45) is 11.8. The summed E-state index contributed by atoms with van der Waals surface area (Å²) in [6, 6.07) is 2.13. The molecular formula is C26H31N3O3S2. The van der Waals surface area contributed by atoms with Gasteiger partial charge in [0.2, 0.25) is 0 Å². The maximum Gasteiger partial charge on any atom is 0.341 e. The van der Waals surface area contributed by atoms with Gasteiger partial charge in [-0.2, -0.15) is 0 Å². The molecule has 3 N–H and O–H groups in total. The maximum atomic E-state index is 13.4. The number of carbonyl (C=O) groups is 2. The van der Waals surface area contributed by atoms with E-state index in [2.05, 4.69) is 11.4 Å². The Labute approximate surface area is 207 Å². The Morgan fingerprint density at radius 1 is 1.03 bits per heavy atom. The van der Waals surface area contributed by atoms with Crippen molar-refractivity contribution in [2.75, 3.05) is 17.7 Å². The molecule has 6 nitrogen and oxygen atoms in total. The first-order valence-corrected chi connectivity index (χ1v) is 14.0. The van der Waals surface area contributed by atoms with Crippen molar-refractivity contribution in [2.45, 2.75) is 77.6 Å². The van der Waals surface area contributed by atoms with E-state index in [0.29, 0.717) is 27.7 Å². The molecule has 0 aromatic carbocycles. The molecule has 0 radical (unpaired) electrons. The number of thiophene rings is 2. The third kappa shape index (κ3) is 4.45. The van der Waals surface area contributed by atoms with Crippen LogP contribution in [0.5, 0.6) is 0 Å². The van der Waals surface area contributed by atoms with Gasteiger partial charge in [0.15, 0.2) is 0 Å². The van der Waals surface area contributed by atoms with Crippen LogP contribution in [0, 0.1) is 0 Å². The number of pyridine rings is 1. The molecule has 1 amide bonds. The van der Waals surface area contributed by atoms with Gasteiger partial charge < -0.3 is 15.8 Å². The third-order valence-electron chi connectivity index (χ3n) is 6.83. The van der Waals surface area contributed by atoms with Crippen molar-refractivity contribution in [3.05, 3.63) is 38.2 Å². The van der Waals surface area contributed by atoms with E-state index in [1.807, 2.05) is 0 Å². The van der Waals surface area contributed by atoms with Gasteiger partial charge in [-0.25, -0.2) is 9.78 Å². The van der Waals surface area contributed by atoms with Crippen molar-refractivity contribution in [2.24, 2.45) is 0 Å². The Hall–Kier alpha value is -2.45. The second-order valence-corrected chi connectivity index (χ2v) is 11.3. The quantitative estimate of drug-likeness (QED) is 0.326. The Bertz CT molecular complexity index is 1240. The van der Waals surface area contributed by atoms with Gasteiger partial charge >= 0.3 is 5.97 Å². The highest BCUT2D eigenvalue weighted by Gasteiger charge is 2.28. The lowest BCUT2D eigenvalue weighted by molar-refractivity contribution is 0.0526. The number of nitrogens with two attached hydrogens (primary N) is 1. The van der Waals surface area contributed by atoms with Gasteiger partial charge in [0.05, 0.1) is 17.9 Å². The van der Waals surface area contributed by atoms with Gasteiger partial charge in [-0.15, -0.1) is 22.7 Å². The molecule has 2 aliphatic rings. The zero-order chi connectivity index (χ0) is 23.7. The summed E-state index contributed by atoms with van der Waals surface area (Å²) in [5.41, 5.74) is 10.9. The lowest BCUT2D eigenvalue weighted by Crippen LogP contribution is -2.15. The van der Waals surface area contributed by atoms with Crippen molar-refractivity contribution in [3.8, 4) is 0 Å². The molecular weight excluding hydrogens is 466 g/mol. The second-order valence-electron chi connectivity index (χ2n) is 9.15. The van der Waals surface area contributed by atoms with Crippen LogP contribution in [-0.2, 0) is 30.4 Å². The number of hydrogen-bond donors (Lipinski definition) is 2. The normalized spacial score (nSPS) is 16.1. The summed E-state index contributed by atoms with van der Waals surface area (Å²) < 4.78 is 5.38. The van der Waals surface area contributed by atoms with Crippen LogP contribution in [0.3, 0.4) is 0 Å². The van der Waals surface area contributed by atoms with Crippen LogP contribution >= 0.6 is 22.7 Å². The molecule has 0 bridgehead atoms. The predicted molar refractivity (Wildman–Crippen MR) is 139 cm³/mol. The third-order valence-corrected chi connectivity index (χ3v) is 9.15. The Morgan fingerprint density at radius 3 is 2.59 bits per heavy atom. The number of aromatic nitrogens is 1. The van der Waals surface area contributed by atoms with Crippen LogP contribution in [-0.4, -0.2) is 23.5 Å². The summed E-state index contributed by atoms with van der Waals surface area (Å²) in [7, 11) is 0. The summed E-state index contributed by atoms with van der Waals surface area (Å²) in [5, 5.41) is 4.47. The van der Waals surface area contributed by atoms with Crippen LogP contribution in [0.1, 0.15) is 93.6 Å². The van der Waals surface area contributed by atoms with Crippen molar-refractivity contribution < 1.29 is 14.3 Å². The van der Waals surface area contributed by atoms with E-state index in [-0.39, 0.29) is 11.9 Å². The molecule has 8 heteroatoms. The van der Waals surface area contributed by atoms with Crippen molar-refractivity contribution in [1.29, 1.82) is 0 Å². The monoisotopic (exact) mass is 497 g/mol. The molecule has 0 saturated heterocycles. The molecule has 3 aromatic heterocycles. The van der Waals surface area contributed by atoms with Gasteiger partial charge in [-0.05, 0) is 75.5 Å².